The molecule has 0 aliphatic heterocycles. The molecule has 3 heteroatoms. The third kappa shape index (κ3) is 2.62. The lowest BCUT2D eigenvalue weighted by Gasteiger charge is -2.06. The third-order valence-corrected chi connectivity index (χ3v) is 2.34. The fraction of sp³-hybridized carbons (Fsp3) is 0.385. The van der Waals surface area contributed by atoms with Gasteiger partial charge in [0.15, 0.2) is 0 Å². The van der Waals surface area contributed by atoms with E-state index >= 15 is 0 Å². The van der Waals surface area contributed by atoms with Crippen LogP contribution < -0.4 is 5.48 Å². The van der Waals surface area contributed by atoms with Crippen LogP contribution in [0.25, 0.3) is 11.0 Å². The lowest BCUT2D eigenvalue weighted by Crippen LogP contribution is -2.17. The Morgan fingerprint density at radius 3 is 2.94 bits per heavy atom. The maximum atomic E-state index is 5.43. The third-order valence-electron chi connectivity index (χ3n) is 2.34. The van der Waals surface area contributed by atoms with E-state index in [9.17, 15) is 0 Å². The first kappa shape index (κ1) is 11.2. The Balaban J connectivity index is 1.94. The second-order valence-electron chi connectivity index (χ2n) is 4.28. The number of hydroxylamine groups is 1. The van der Waals surface area contributed by atoms with Crippen molar-refractivity contribution in [1.29, 1.82) is 0 Å². The van der Waals surface area contributed by atoms with E-state index in [1.807, 2.05) is 18.2 Å². The van der Waals surface area contributed by atoms with Crippen molar-refractivity contribution >= 4 is 11.0 Å². The first-order valence-corrected chi connectivity index (χ1v) is 5.57. The smallest absolute Gasteiger partial charge is 0.134 e. The molecule has 0 saturated heterocycles. The quantitative estimate of drug-likeness (QED) is 0.619. The van der Waals surface area contributed by atoms with E-state index in [-0.39, 0.29) is 0 Å². The fourth-order valence-electron chi connectivity index (χ4n) is 1.52. The molecular formula is C13H17NO2. The van der Waals surface area contributed by atoms with E-state index in [0.717, 1.165) is 23.1 Å². The van der Waals surface area contributed by atoms with Gasteiger partial charge in [-0.25, -0.2) is 0 Å². The SMILES string of the molecule is CC(C)CONCc1coc2ccccc12. The average Bonchev–Trinajstić information content (AvgIpc) is 2.68. The molecule has 0 aliphatic carbocycles. The van der Waals surface area contributed by atoms with Gasteiger partial charge in [0.2, 0.25) is 0 Å². The second-order valence-corrected chi connectivity index (χ2v) is 4.28. The van der Waals surface area contributed by atoms with Gasteiger partial charge in [0.25, 0.3) is 0 Å². The first-order valence-electron chi connectivity index (χ1n) is 5.57. The van der Waals surface area contributed by atoms with Gasteiger partial charge >= 0.3 is 0 Å². The molecular weight excluding hydrogens is 202 g/mol. The van der Waals surface area contributed by atoms with E-state index in [4.69, 9.17) is 9.25 Å². The maximum Gasteiger partial charge on any atom is 0.134 e. The predicted octanol–water partition coefficient (Wildman–Crippen LogP) is 3.11. The molecule has 1 aromatic heterocycles. The van der Waals surface area contributed by atoms with Crippen molar-refractivity contribution in [3.63, 3.8) is 0 Å². The van der Waals surface area contributed by atoms with Crippen molar-refractivity contribution in [1.82, 2.24) is 5.48 Å². The number of hydrogen-bond donors (Lipinski definition) is 1. The molecule has 0 unspecified atom stereocenters. The molecule has 0 amide bonds. The van der Waals surface area contributed by atoms with Gasteiger partial charge in [0.05, 0.1) is 12.9 Å². The summed E-state index contributed by atoms with van der Waals surface area (Å²) in [5.41, 5.74) is 5.00. The van der Waals surface area contributed by atoms with E-state index in [0.29, 0.717) is 12.5 Å². The molecule has 2 rings (SSSR count). The lowest BCUT2D eigenvalue weighted by atomic mass is 10.2. The van der Waals surface area contributed by atoms with Crippen molar-refractivity contribution in [3.8, 4) is 0 Å². The van der Waals surface area contributed by atoms with E-state index in [1.54, 1.807) is 6.26 Å². The number of hydrogen-bond acceptors (Lipinski definition) is 3. The highest BCUT2D eigenvalue weighted by molar-refractivity contribution is 5.80. The number of benzene rings is 1. The van der Waals surface area contributed by atoms with E-state index in [2.05, 4.69) is 25.4 Å². The number of rotatable bonds is 5. The van der Waals surface area contributed by atoms with Gasteiger partial charge in [-0.05, 0) is 12.0 Å². The Morgan fingerprint density at radius 2 is 2.12 bits per heavy atom. The summed E-state index contributed by atoms with van der Waals surface area (Å²) in [6.45, 7) is 5.63. The Hall–Kier alpha value is -1.32. The summed E-state index contributed by atoms with van der Waals surface area (Å²) >= 11 is 0. The number of para-hydroxylation sites is 1. The molecule has 2 aromatic rings. The van der Waals surface area contributed by atoms with Gasteiger partial charge in [-0.2, -0.15) is 5.48 Å². The Kier molecular flexibility index (Phi) is 3.59. The van der Waals surface area contributed by atoms with Gasteiger partial charge < -0.3 is 9.25 Å². The molecule has 0 spiro atoms. The maximum absolute atomic E-state index is 5.43. The minimum Gasteiger partial charge on any atom is -0.464 e. The summed E-state index contributed by atoms with van der Waals surface area (Å²) in [5, 5.41) is 1.14. The summed E-state index contributed by atoms with van der Waals surface area (Å²) < 4.78 is 5.43. The molecule has 0 bridgehead atoms. The van der Waals surface area contributed by atoms with Gasteiger partial charge in [0.1, 0.15) is 5.58 Å². The average molecular weight is 219 g/mol. The van der Waals surface area contributed by atoms with Crippen LogP contribution >= 0.6 is 0 Å². The second kappa shape index (κ2) is 5.14. The minimum atomic E-state index is 0.536. The zero-order chi connectivity index (χ0) is 11.4. The summed E-state index contributed by atoms with van der Waals surface area (Å²) in [6, 6.07) is 8.00. The number of fused-ring (bicyclic) bond motifs is 1. The van der Waals surface area contributed by atoms with Gasteiger partial charge in [-0.15, -0.1) is 0 Å². The highest BCUT2D eigenvalue weighted by Crippen LogP contribution is 2.20. The standard InChI is InChI=1S/C13H17NO2/c1-10(2)8-16-14-7-11-9-15-13-6-4-3-5-12(11)13/h3-6,9-10,14H,7-8H2,1-2H3. The molecule has 16 heavy (non-hydrogen) atoms. The van der Waals surface area contributed by atoms with Gasteiger partial charge in [0, 0.05) is 17.5 Å². The Bertz CT molecular complexity index is 448. The molecule has 1 heterocycles. The highest BCUT2D eigenvalue weighted by Gasteiger charge is 2.04. The molecule has 1 aromatic carbocycles. The van der Waals surface area contributed by atoms with Crippen molar-refractivity contribution in [2.45, 2.75) is 20.4 Å². The Labute approximate surface area is 95.3 Å². The Morgan fingerprint density at radius 1 is 1.31 bits per heavy atom. The normalized spacial score (nSPS) is 11.4. The van der Waals surface area contributed by atoms with Crippen LogP contribution in [-0.2, 0) is 11.4 Å². The molecule has 0 radical (unpaired) electrons. The lowest BCUT2D eigenvalue weighted by molar-refractivity contribution is 0.0197. The summed E-state index contributed by atoms with van der Waals surface area (Å²) in [4.78, 5) is 5.33. The van der Waals surface area contributed by atoms with E-state index in [1.165, 1.54) is 0 Å². The minimum absolute atomic E-state index is 0.536. The molecule has 0 fully saturated rings. The molecule has 0 aliphatic rings. The largest absolute Gasteiger partial charge is 0.464 e. The molecule has 86 valence electrons. The van der Waals surface area contributed by atoms with Gasteiger partial charge in [-0.1, -0.05) is 32.0 Å². The summed E-state index contributed by atoms with van der Waals surface area (Å²) in [5.74, 6) is 0.536. The van der Waals surface area contributed by atoms with Crippen LogP contribution in [-0.4, -0.2) is 6.61 Å². The van der Waals surface area contributed by atoms with Crippen molar-refractivity contribution < 1.29 is 9.25 Å². The topological polar surface area (TPSA) is 34.4 Å². The zero-order valence-corrected chi connectivity index (χ0v) is 9.69. The van der Waals surface area contributed by atoms with Crippen LogP contribution in [0, 0.1) is 5.92 Å². The van der Waals surface area contributed by atoms with Crippen LogP contribution in [0.2, 0.25) is 0 Å². The molecule has 1 N–H and O–H groups in total. The van der Waals surface area contributed by atoms with Crippen LogP contribution in [0.5, 0.6) is 0 Å². The number of nitrogens with one attached hydrogen (secondary N) is 1. The fourth-order valence-corrected chi connectivity index (χ4v) is 1.52. The monoisotopic (exact) mass is 219 g/mol. The van der Waals surface area contributed by atoms with Crippen LogP contribution in [0.1, 0.15) is 19.4 Å². The predicted molar refractivity (Wildman–Crippen MR) is 63.8 cm³/mol. The highest BCUT2D eigenvalue weighted by atomic mass is 16.6. The number of furan rings is 1. The molecule has 0 saturated carbocycles. The van der Waals surface area contributed by atoms with Crippen LogP contribution in [0.4, 0.5) is 0 Å². The van der Waals surface area contributed by atoms with Crippen LogP contribution in [0.15, 0.2) is 34.9 Å². The zero-order valence-electron chi connectivity index (χ0n) is 9.69. The van der Waals surface area contributed by atoms with Crippen molar-refractivity contribution in [3.05, 3.63) is 36.1 Å². The summed E-state index contributed by atoms with van der Waals surface area (Å²) in [6.07, 6.45) is 1.77. The van der Waals surface area contributed by atoms with Crippen LogP contribution in [0.3, 0.4) is 0 Å². The molecule has 0 atom stereocenters. The first-order chi connectivity index (χ1) is 7.77. The van der Waals surface area contributed by atoms with Crippen molar-refractivity contribution in [2.24, 2.45) is 5.92 Å². The van der Waals surface area contributed by atoms with Crippen molar-refractivity contribution in [2.75, 3.05) is 6.61 Å². The van der Waals surface area contributed by atoms with E-state index < -0.39 is 0 Å². The summed E-state index contributed by atoms with van der Waals surface area (Å²) in [7, 11) is 0. The van der Waals surface area contributed by atoms with Gasteiger partial charge in [-0.3, -0.25) is 0 Å². The molecule has 3 nitrogen and oxygen atoms in total.